The lowest BCUT2D eigenvalue weighted by Crippen LogP contribution is -2.28. The van der Waals surface area contributed by atoms with E-state index in [1.165, 1.54) is 6.33 Å². The highest BCUT2D eigenvalue weighted by Crippen LogP contribution is 2.42. The summed E-state index contributed by atoms with van der Waals surface area (Å²) in [6.07, 6.45) is 1.23. The van der Waals surface area contributed by atoms with Crippen LogP contribution in [0.15, 0.2) is 46.8 Å². The summed E-state index contributed by atoms with van der Waals surface area (Å²) in [5.41, 5.74) is 6.53. The highest BCUT2D eigenvalue weighted by molar-refractivity contribution is 5.55. The maximum atomic E-state index is 12.3. The molecule has 1 aliphatic heterocycles. The number of hydrogen-bond donors (Lipinski definition) is 2. The molecule has 3 rings (SSSR count). The molecule has 0 fully saturated rings. The molecule has 0 bridgehead atoms. The normalized spacial score (nSPS) is 16.3. The Labute approximate surface area is 132 Å². The zero-order valence-corrected chi connectivity index (χ0v) is 12.4. The van der Waals surface area contributed by atoms with Gasteiger partial charge in [0.1, 0.15) is 17.4 Å². The van der Waals surface area contributed by atoms with Crippen LogP contribution in [0.5, 0.6) is 11.6 Å². The van der Waals surface area contributed by atoms with Crippen LogP contribution < -0.4 is 20.8 Å². The minimum absolute atomic E-state index is 0.0607. The number of nitrogens with two attached hydrogens (primary N) is 1. The molecule has 0 aliphatic carbocycles. The van der Waals surface area contributed by atoms with Gasteiger partial charge in [0, 0.05) is 5.56 Å². The van der Waals surface area contributed by atoms with Crippen LogP contribution in [0.3, 0.4) is 0 Å². The Morgan fingerprint density at radius 1 is 1.48 bits per heavy atom. The van der Waals surface area contributed by atoms with E-state index < -0.39 is 5.92 Å². The van der Waals surface area contributed by atoms with E-state index in [0.717, 1.165) is 0 Å². The first-order valence-corrected chi connectivity index (χ1v) is 7.04. The third-order valence-electron chi connectivity index (χ3n) is 3.55. The van der Waals surface area contributed by atoms with Gasteiger partial charge in [-0.05, 0) is 13.0 Å². The second-order valence-corrected chi connectivity index (χ2v) is 4.85. The van der Waals surface area contributed by atoms with Crippen LogP contribution in [0, 0.1) is 11.3 Å². The summed E-state index contributed by atoms with van der Waals surface area (Å²) in [5, 5.41) is 9.49. The van der Waals surface area contributed by atoms with E-state index in [4.69, 9.17) is 15.2 Å². The Kier molecular flexibility index (Phi) is 3.73. The van der Waals surface area contributed by atoms with Gasteiger partial charge in [-0.25, -0.2) is 4.98 Å². The van der Waals surface area contributed by atoms with Crippen LogP contribution in [0.2, 0.25) is 0 Å². The lowest BCUT2D eigenvalue weighted by molar-refractivity contribution is 0.333. The fourth-order valence-corrected chi connectivity index (χ4v) is 2.61. The molecule has 1 aliphatic rings. The maximum Gasteiger partial charge on any atom is 0.258 e. The first kappa shape index (κ1) is 14.7. The van der Waals surface area contributed by atoms with Gasteiger partial charge < -0.3 is 20.2 Å². The number of benzene rings is 1. The SMILES string of the molecule is CCOc1ccccc1[C@@H]1C(C#N)=C(N)Oc2nc[nH]c(=O)c21. The largest absolute Gasteiger partial charge is 0.494 e. The fourth-order valence-electron chi connectivity index (χ4n) is 2.61. The quantitative estimate of drug-likeness (QED) is 0.885. The topological polar surface area (TPSA) is 114 Å². The summed E-state index contributed by atoms with van der Waals surface area (Å²) < 4.78 is 11.0. The van der Waals surface area contributed by atoms with Gasteiger partial charge in [0.15, 0.2) is 0 Å². The number of aromatic nitrogens is 2. The Hall–Kier alpha value is -3.27. The van der Waals surface area contributed by atoms with Crippen LogP contribution in [0.4, 0.5) is 0 Å². The van der Waals surface area contributed by atoms with Crippen molar-refractivity contribution in [1.29, 1.82) is 5.26 Å². The molecule has 7 nitrogen and oxygen atoms in total. The van der Waals surface area contributed by atoms with Crippen LogP contribution >= 0.6 is 0 Å². The molecule has 0 amide bonds. The second-order valence-electron chi connectivity index (χ2n) is 4.85. The Bertz CT molecular complexity index is 879. The van der Waals surface area contributed by atoms with E-state index in [-0.39, 0.29) is 28.5 Å². The van der Waals surface area contributed by atoms with Crippen molar-refractivity contribution in [3.05, 3.63) is 63.5 Å². The number of nitriles is 1. The second kappa shape index (κ2) is 5.85. The minimum atomic E-state index is -0.691. The van der Waals surface area contributed by atoms with Crippen LogP contribution in [-0.2, 0) is 0 Å². The Balaban J connectivity index is 2.29. The number of para-hydroxylation sites is 1. The number of nitrogens with one attached hydrogen (secondary N) is 1. The highest BCUT2D eigenvalue weighted by Gasteiger charge is 2.35. The lowest BCUT2D eigenvalue weighted by atomic mass is 9.84. The number of ether oxygens (including phenoxy) is 2. The van der Waals surface area contributed by atoms with Crippen molar-refractivity contribution in [3.8, 4) is 17.7 Å². The molecule has 3 N–H and O–H groups in total. The zero-order valence-electron chi connectivity index (χ0n) is 12.4. The van der Waals surface area contributed by atoms with Gasteiger partial charge in [-0.1, -0.05) is 18.2 Å². The molecule has 23 heavy (non-hydrogen) atoms. The molecule has 2 heterocycles. The smallest absolute Gasteiger partial charge is 0.258 e. The monoisotopic (exact) mass is 310 g/mol. The van der Waals surface area contributed by atoms with Crippen molar-refractivity contribution in [3.63, 3.8) is 0 Å². The van der Waals surface area contributed by atoms with Gasteiger partial charge in [-0.3, -0.25) is 4.79 Å². The van der Waals surface area contributed by atoms with Crippen molar-refractivity contribution in [2.75, 3.05) is 6.61 Å². The summed E-state index contributed by atoms with van der Waals surface area (Å²) in [4.78, 5) is 18.8. The van der Waals surface area contributed by atoms with Crippen LogP contribution in [-0.4, -0.2) is 16.6 Å². The van der Waals surface area contributed by atoms with E-state index in [2.05, 4.69) is 9.97 Å². The predicted molar refractivity (Wildman–Crippen MR) is 81.8 cm³/mol. The predicted octanol–water partition coefficient (Wildman–Crippen LogP) is 1.39. The molecule has 7 heteroatoms. The van der Waals surface area contributed by atoms with Crippen molar-refractivity contribution in [1.82, 2.24) is 9.97 Å². The van der Waals surface area contributed by atoms with E-state index in [9.17, 15) is 10.1 Å². The third-order valence-corrected chi connectivity index (χ3v) is 3.55. The van der Waals surface area contributed by atoms with Crippen molar-refractivity contribution < 1.29 is 9.47 Å². The molecule has 116 valence electrons. The van der Waals surface area contributed by atoms with Crippen molar-refractivity contribution in [2.45, 2.75) is 12.8 Å². The maximum absolute atomic E-state index is 12.3. The van der Waals surface area contributed by atoms with Gasteiger partial charge in [0.2, 0.25) is 11.8 Å². The number of hydrogen-bond acceptors (Lipinski definition) is 6. The lowest BCUT2D eigenvalue weighted by Gasteiger charge is -2.25. The number of fused-ring (bicyclic) bond motifs is 1. The number of rotatable bonds is 3. The summed E-state index contributed by atoms with van der Waals surface area (Å²) in [6.45, 7) is 2.32. The van der Waals surface area contributed by atoms with Gasteiger partial charge in [0.25, 0.3) is 5.56 Å². The zero-order chi connectivity index (χ0) is 16.4. The minimum Gasteiger partial charge on any atom is -0.494 e. The Morgan fingerprint density at radius 3 is 3.00 bits per heavy atom. The molecule has 0 radical (unpaired) electrons. The first-order valence-electron chi connectivity index (χ1n) is 7.04. The molecule has 0 saturated heterocycles. The number of allylic oxidation sites excluding steroid dienone is 1. The molecule has 0 saturated carbocycles. The van der Waals surface area contributed by atoms with Crippen LogP contribution in [0.1, 0.15) is 24.0 Å². The summed E-state index contributed by atoms with van der Waals surface area (Å²) in [6, 6.07) is 9.24. The summed E-state index contributed by atoms with van der Waals surface area (Å²) >= 11 is 0. The molecule has 2 aromatic rings. The van der Waals surface area contributed by atoms with Gasteiger partial charge in [0.05, 0.1) is 24.4 Å². The first-order chi connectivity index (χ1) is 11.2. The van der Waals surface area contributed by atoms with E-state index >= 15 is 0 Å². The average Bonchev–Trinajstić information content (AvgIpc) is 2.55. The molecule has 1 aromatic heterocycles. The standard InChI is InChI=1S/C16H14N4O3/c1-2-22-11-6-4-3-5-9(11)12-10(7-17)14(18)23-16-13(12)15(21)19-8-20-16/h3-6,8,12H,2,18H2,1H3,(H,19,20,21)/t12-/m1/s1. The van der Waals surface area contributed by atoms with E-state index in [0.29, 0.717) is 17.9 Å². The molecule has 0 spiro atoms. The molecule has 0 unspecified atom stereocenters. The van der Waals surface area contributed by atoms with Gasteiger partial charge >= 0.3 is 0 Å². The summed E-state index contributed by atoms with van der Waals surface area (Å²) in [5.74, 6) is -0.0726. The van der Waals surface area contributed by atoms with Crippen molar-refractivity contribution >= 4 is 0 Å². The van der Waals surface area contributed by atoms with Gasteiger partial charge in [-0.15, -0.1) is 0 Å². The molecule has 1 atom stereocenters. The number of aromatic amines is 1. The van der Waals surface area contributed by atoms with E-state index in [1.54, 1.807) is 12.1 Å². The third kappa shape index (κ3) is 2.40. The molecular weight excluding hydrogens is 296 g/mol. The Morgan fingerprint density at radius 2 is 2.26 bits per heavy atom. The highest BCUT2D eigenvalue weighted by atomic mass is 16.5. The van der Waals surface area contributed by atoms with Crippen molar-refractivity contribution in [2.24, 2.45) is 5.73 Å². The van der Waals surface area contributed by atoms with Gasteiger partial charge in [-0.2, -0.15) is 5.26 Å². The fraction of sp³-hybridized carbons (Fsp3) is 0.188. The average molecular weight is 310 g/mol. The van der Waals surface area contributed by atoms with Crippen LogP contribution in [0.25, 0.3) is 0 Å². The number of nitrogens with zero attached hydrogens (tertiary/aromatic N) is 2. The number of H-pyrrole nitrogens is 1. The molecule has 1 aromatic carbocycles. The summed E-state index contributed by atoms with van der Waals surface area (Å²) in [7, 11) is 0. The molecular formula is C16H14N4O3. The van der Waals surface area contributed by atoms with E-state index in [1.807, 2.05) is 25.1 Å².